The zero-order chi connectivity index (χ0) is 29.2. The van der Waals surface area contributed by atoms with E-state index in [0.717, 1.165) is 23.4 Å². The largest absolute Gasteiger partial charge is 0.454 e. The van der Waals surface area contributed by atoms with Crippen LogP contribution in [0.3, 0.4) is 0 Å². The molecule has 3 aromatic heterocycles. The minimum Gasteiger partial charge on any atom is -0.454 e. The molecular weight excluding hydrogens is 605 g/mol. The molecule has 5 aromatic rings. The number of anilines is 1. The van der Waals surface area contributed by atoms with E-state index in [-0.39, 0.29) is 39.7 Å². The lowest BCUT2D eigenvalue weighted by Gasteiger charge is -2.15. The van der Waals surface area contributed by atoms with Crippen molar-refractivity contribution in [1.29, 1.82) is 0 Å². The molecule has 1 saturated heterocycles. The van der Waals surface area contributed by atoms with E-state index < -0.39 is 17.2 Å². The first-order valence-electron chi connectivity index (χ1n) is 13.2. The first kappa shape index (κ1) is 27.3. The van der Waals surface area contributed by atoms with Crippen LogP contribution in [0.2, 0.25) is 0 Å². The van der Waals surface area contributed by atoms with E-state index in [9.17, 15) is 14.4 Å². The molecule has 0 aliphatic carbocycles. The number of pyridine rings is 3. The maximum atomic E-state index is 15.1. The molecule has 0 atom stereocenters. The quantitative estimate of drug-likeness (QED) is 0.249. The van der Waals surface area contributed by atoms with Crippen LogP contribution in [0.4, 0.5) is 10.1 Å². The number of hydrogen-bond donors (Lipinski definition) is 1. The van der Waals surface area contributed by atoms with Crippen molar-refractivity contribution < 1.29 is 18.7 Å². The Morgan fingerprint density at radius 2 is 1.74 bits per heavy atom. The Morgan fingerprint density at radius 1 is 0.952 bits per heavy atom. The van der Waals surface area contributed by atoms with E-state index in [1.165, 1.54) is 36.7 Å². The molecule has 1 aliphatic rings. The van der Waals surface area contributed by atoms with Crippen LogP contribution in [0, 0.1) is 5.82 Å². The monoisotopic (exact) mass is 627 g/mol. The summed E-state index contributed by atoms with van der Waals surface area (Å²) in [6, 6.07) is 17.5. The summed E-state index contributed by atoms with van der Waals surface area (Å²) in [6.45, 7) is 1.36. The number of carbonyl (C=O) groups is 2. The topological polar surface area (TPSA) is 106 Å². The van der Waals surface area contributed by atoms with E-state index in [4.69, 9.17) is 4.74 Å². The third kappa shape index (κ3) is 5.51. The minimum atomic E-state index is -0.744. The van der Waals surface area contributed by atoms with Crippen LogP contribution < -0.4 is 15.5 Å². The maximum Gasteiger partial charge on any atom is 0.272 e. The van der Waals surface area contributed by atoms with Gasteiger partial charge < -0.3 is 19.5 Å². The van der Waals surface area contributed by atoms with E-state index in [0.29, 0.717) is 24.4 Å². The van der Waals surface area contributed by atoms with Gasteiger partial charge >= 0.3 is 0 Å². The lowest BCUT2D eigenvalue weighted by Crippen LogP contribution is -2.28. The van der Waals surface area contributed by atoms with Crippen molar-refractivity contribution in [2.75, 3.05) is 18.4 Å². The molecule has 4 heterocycles. The fourth-order valence-electron chi connectivity index (χ4n) is 4.78. The fraction of sp³-hybridized carbons (Fsp3) is 0.129. The number of hydrogen-bond acceptors (Lipinski definition) is 6. The zero-order valence-electron chi connectivity index (χ0n) is 22.1. The average molecular weight is 628 g/mol. The van der Waals surface area contributed by atoms with Gasteiger partial charge in [-0.15, -0.1) is 0 Å². The first-order valence-corrected chi connectivity index (χ1v) is 14.0. The van der Waals surface area contributed by atoms with E-state index in [1.807, 2.05) is 24.3 Å². The normalized spacial score (nSPS) is 12.9. The number of nitrogens with one attached hydrogen (secondary N) is 1. The van der Waals surface area contributed by atoms with Gasteiger partial charge in [0.15, 0.2) is 11.6 Å². The second kappa shape index (κ2) is 11.5. The number of aromatic nitrogens is 3. The van der Waals surface area contributed by atoms with Crippen LogP contribution in [0.1, 0.15) is 33.7 Å². The van der Waals surface area contributed by atoms with E-state index >= 15 is 4.39 Å². The SMILES string of the molecule is O=C(Nc1ccc(Oc2ccnc(C(=O)N3CCCC3)c2)c(F)c1)c1cn(-c2ccc(Br)cc2)c2ncccc2c1=O. The van der Waals surface area contributed by atoms with Gasteiger partial charge in [0, 0.05) is 59.7 Å². The highest BCUT2D eigenvalue weighted by molar-refractivity contribution is 9.10. The molecule has 2 aromatic carbocycles. The van der Waals surface area contributed by atoms with E-state index in [1.54, 1.807) is 27.8 Å². The molecule has 9 nitrogen and oxygen atoms in total. The number of fused-ring (bicyclic) bond motifs is 1. The number of benzene rings is 2. The van der Waals surface area contributed by atoms with Crippen LogP contribution in [0.25, 0.3) is 16.7 Å². The summed E-state index contributed by atoms with van der Waals surface area (Å²) in [5.41, 5.74) is 0.816. The minimum absolute atomic E-state index is 0.104. The third-order valence-electron chi connectivity index (χ3n) is 6.87. The van der Waals surface area contributed by atoms with Crippen molar-refractivity contribution in [3.8, 4) is 17.2 Å². The van der Waals surface area contributed by atoms with Crippen molar-refractivity contribution in [3.05, 3.63) is 117 Å². The highest BCUT2D eigenvalue weighted by atomic mass is 79.9. The number of likely N-dealkylation sites (tertiary alicyclic amines) is 1. The summed E-state index contributed by atoms with van der Waals surface area (Å²) >= 11 is 3.41. The Morgan fingerprint density at radius 3 is 2.50 bits per heavy atom. The van der Waals surface area contributed by atoms with Gasteiger partial charge in [-0.25, -0.2) is 9.37 Å². The summed E-state index contributed by atoms with van der Waals surface area (Å²) in [5, 5.41) is 2.87. The Bertz CT molecular complexity index is 1890. The molecule has 1 fully saturated rings. The lowest BCUT2D eigenvalue weighted by molar-refractivity contribution is 0.0786. The van der Waals surface area contributed by atoms with Crippen LogP contribution in [0.5, 0.6) is 11.5 Å². The van der Waals surface area contributed by atoms with Gasteiger partial charge in [-0.1, -0.05) is 15.9 Å². The van der Waals surface area contributed by atoms with Gasteiger partial charge in [0.2, 0.25) is 5.43 Å². The molecule has 0 saturated carbocycles. The average Bonchev–Trinajstić information content (AvgIpc) is 3.54. The smallest absolute Gasteiger partial charge is 0.272 e. The van der Waals surface area contributed by atoms with Crippen LogP contribution in [-0.4, -0.2) is 44.3 Å². The predicted molar refractivity (Wildman–Crippen MR) is 159 cm³/mol. The van der Waals surface area contributed by atoms with Crippen molar-refractivity contribution >= 4 is 44.5 Å². The summed E-state index contributed by atoms with van der Waals surface area (Å²) in [6.07, 6.45) is 6.34. The van der Waals surface area contributed by atoms with Gasteiger partial charge in [0.25, 0.3) is 11.8 Å². The third-order valence-corrected chi connectivity index (χ3v) is 7.40. The van der Waals surface area contributed by atoms with Gasteiger partial charge in [-0.3, -0.25) is 19.4 Å². The van der Waals surface area contributed by atoms with Crippen molar-refractivity contribution in [3.63, 3.8) is 0 Å². The molecule has 0 spiro atoms. The molecule has 1 N–H and O–H groups in total. The Balaban J connectivity index is 1.24. The Kier molecular flexibility index (Phi) is 7.49. The molecular formula is C31H23BrFN5O4. The predicted octanol–water partition coefficient (Wildman–Crippen LogP) is 5.96. The molecule has 1 aliphatic heterocycles. The van der Waals surface area contributed by atoms with E-state index in [2.05, 4.69) is 31.2 Å². The number of amides is 2. The number of nitrogens with zero attached hydrogens (tertiary/aromatic N) is 4. The lowest BCUT2D eigenvalue weighted by atomic mass is 10.1. The summed E-state index contributed by atoms with van der Waals surface area (Å²) in [7, 11) is 0. The number of carbonyl (C=O) groups excluding carboxylic acids is 2. The first-order chi connectivity index (χ1) is 20.4. The number of ether oxygens (including phenoxy) is 1. The second-order valence-corrected chi connectivity index (χ2v) is 10.6. The molecule has 0 radical (unpaired) electrons. The standard InChI is InChI=1S/C31H23BrFN5O4/c32-19-5-8-21(9-6-19)38-18-24(28(39)23-4-3-12-35-29(23)38)30(40)36-20-7-10-27(25(33)16-20)42-22-11-13-34-26(17-22)31(41)37-14-1-2-15-37/h3-13,16-18H,1-2,14-15H2,(H,36,40). The molecule has 6 rings (SSSR count). The highest BCUT2D eigenvalue weighted by Gasteiger charge is 2.21. The van der Waals surface area contributed by atoms with Gasteiger partial charge in [-0.2, -0.15) is 0 Å². The summed E-state index contributed by atoms with van der Waals surface area (Å²) in [5.74, 6) is -1.49. The highest BCUT2D eigenvalue weighted by Crippen LogP contribution is 2.28. The molecule has 42 heavy (non-hydrogen) atoms. The number of rotatable bonds is 6. The maximum absolute atomic E-state index is 15.1. The molecule has 0 bridgehead atoms. The van der Waals surface area contributed by atoms with Gasteiger partial charge in [-0.05, 0) is 67.4 Å². The zero-order valence-corrected chi connectivity index (χ0v) is 23.7. The molecule has 11 heteroatoms. The Labute approximate surface area is 247 Å². The summed E-state index contributed by atoms with van der Waals surface area (Å²) in [4.78, 5) is 49.4. The molecule has 2 amide bonds. The second-order valence-electron chi connectivity index (χ2n) is 9.67. The van der Waals surface area contributed by atoms with Gasteiger partial charge in [0.1, 0.15) is 22.7 Å². The fourth-order valence-corrected chi connectivity index (χ4v) is 5.05. The van der Waals surface area contributed by atoms with Crippen LogP contribution in [-0.2, 0) is 0 Å². The van der Waals surface area contributed by atoms with Crippen molar-refractivity contribution in [2.24, 2.45) is 0 Å². The summed E-state index contributed by atoms with van der Waals surface area (Å²) < 4.78 is 23.3. The molecule has 210 valence electrons. The van der Waals surface area contributed by atoms with Crippen LogP contribution >= 0.6 is 15.9 Å². The Hall–Kier alpha value is -4.90. The molecule has 0 unspecified atom stereocenters. The van der Waals surface area contributed by atoms with Crippen molar-refractivity contribution in [2.45, 2.75) is 12.8 Å². The van der Waals surface area contributed by atoms with Crippen molar-refractivity contribution in [1.82, 2.24) is 19.4 Å². The number of halogens is 2. The van der Waals surface area contributed by atoms with Crippen LogP contribution in [0.15, 0.2) is 94.6 Å². The van der Waals surface area contributed by atoms with Gasteiger partial charge in [0.05, 0.1) is 5.39 Å².